The van der Waals surface area contributed by atoms with Gasteiger partial charge in [0, 0.05) is 13.8 Å². The molecule has 0 spiro atoms. The van der Waals surface area contributed by atoms with Crippen LogP contribution in [0.25, 0.3) is 0 Å². The lowest BCUT2D eigenvalue weighted by molar-refractivity contribution is 0.701. The average molecular weight is 396 g/mol. The van der Waals surface area contributed by atoms with Crippen LogP contribution < -0.4 is 5.32 Å². The molecule has 1 atom stereocenters. The van der Waals surface area contributed by atoms with Gasteiger partial charge in [0.05, 0.1) is 6.04 Å². The minimum atomic E-state index is 0.152. The number of hydrogen-bond donors (Lipinski definition) is 1. The minimum absolute atomic E-state index is 0.152. The summed E-state index contributed by atoms with van der Waals surface area (Å²) in [7, 11) is 1.95. The molecular weight excluding hydrogens is 385 g/mol. The van der Waals surface area contributed by atoms with E-state index >= 15 is 0 Å². The van der Waals surface area contributed by atoms with Gasteiger partial charge >= 0.3 is 0 Å². The van der Waals surface area contributed by atoms with E-state index in [1.165, 1.54) is 10.4 Å². The second-order valence-corrected chi connectivity index (χ2v) is 6.91. The van der Waals surface area contributed by atoms with Crippen molar-refractivity contribution in [3.05, 3.63) is 54.1 Å². The Labute approximate surface area is 126 Å². The Morgan fingerprint density at radius 1 is 1.24 bits per heavy atom. The van der Waals surface area contributed by atoms with Crippen molar-refractivity contribution in [3.63, 3.8) is 0 Å². The molecule has 1 aromatic carbocycles. The van der Waals surface area contributed by atoms with Gasteiger partial charge in [-0.3, -0.25) is 0 Å². The van der Waals surface area contributed by atoms with E-state index in [1.54, 1.807) is 11.3 Å². The summed E-state index contributed by atoms with van der Waals surface area (Å²) in [5.41, 5.74) is 1.21. The van der Waals surface area contributed by atoms with Gasteiger partial charge in [-0.15, -0.1) is 11.3 Å². The number of nitrogens with one attached hydrogen (secondary N) is 1. The number of hydrogen-bond acceptors (Lipinski definition) is 2. The Bertz CT molecular complexity index is 507. The quantitative estimate of drug-likeness (QED) is 0.750. The third kappa shape index (κ3) is 2.93. The molecule has 0 aliphatic carbocycles. The molecule has 1 unspecified atom stereocenters. The summed E-state index contributed by atoms with van der Waals surface area (Å²) in [5, 5.41) is 3.32. The maximum absolute atomic E-state index is 6.09. The third-order valence-corrected chi connectivity index (χ3v) is 5.72. The van der Waals surface area contributed by atoms with Gasteiger partial charge < -0.3 is 5.32 Å². The van der Waals surface area contributed by atoms with Crippen LogP contribution in [-0.4, -0.2) is 7.05 Å². The van der Waals surface area contributed by atoms with E-state index in [2.05, 4.69) is 49.3 Å². The van der Waals surface area contributed by atoms with Crippen LogP contribution >= 0.6 is 54.8 Å². The van der Waals surface area contributed by atoms with Gasteiger partial charge in [0.15, 0.2) is 0 Å². The lowest BCUT2D eigenvalue weighted by Crippen LogP contribution is -2.16. The Morgan fingerprint density at radius 3 is 2.47 bits per heavy atom. The van der Waals surface area contributed by atoms with E-state index in [4.69, 9.17) is 11.6 Å². The van der Waals surface area contributed by atoms with E-state index in [0.717, 1.165) is 13.3 Å². The van der Waals surface area contributed by atoms with Crippen molar-refractivity contribution in [2.75, 3.05) is 7.05 Å². The molecule has 1 heterocycles. The van der Waals surface area contributed by atoms with Crippen molar-refractivity contribution in [2.45, 2.75) is 6.04 Å². The first kappa shape index (κ1) is 13.6. The van der Waals surface area contributed by atoms with Gasteiger partial charge in [-0.25, -0.2) is 0 Å². The van der Waals surface area contributed by atoms with Gasteiger partial charge in [0.1, 0.15) is 4.34 Å². The van der Waals surface area contributed by atoms with Crippen LogP contribution in [0.2, 0.25) is 4.34 Å². The second kappa shape index (κ2) is 5.85. The largest absolute Gasteiger partial charge is 0.309 e. The van der Waals surface area contributed by atoms with Crippen LogP contribution in [-0.2, 0) is 0 Å². The Hall–Kier alpha value is 0.130. The first-order valence-electron chi connectivity index (χ1n) is 5.00. The van der Waals surface area contributed by atoms with E-state index in [-0.39, 0.29) is 6.04 Å². The van der Waals surface area contributed by atoms with Crippen LogP contribution in [0.3, 0.4) is 0 Å². The van der Waals surface area contributed by atoms with Crippen LogP contribution in [0.4, 0.5) is 0 Å². The van der Waals surface area contributed by atoms with E-state index in [9.17, 15) is 0 Å². The molecule has 1 aromatic heterocycles. The van der Waals surface area contributed by atoms with Crippen molar-refractivity contribution in [3.8, 4) is 0 Å². The van der Waals surface area contributed by atoms with Crippen molar-refractivity contribution in [1.29, 1.82) is 0 Å². The Kier molecular flexibility index (Phi) is 4.66. The van der Waals surface area contributed by atoms with E-state index in [1.807, 2.05) is 25.2 Å². The average Bonchev–Trinajstić information content (AvgIpc) is 2.63. The fraction of sp³-hybridized carbons (Fsp3) is 0.167. The van der Waals surface area contributed by atoms with Crippen LogP contribution in [0.15, 0.2) is 39.3 Å². The number of benzene rings is 1. The summed E-state index contributed by atoms with van der Waals surface area (Å²) in [5.74, 6) is 0. The van der Waals surface area contributed by atoms with Gasteiger partial charge in [-0.1, -0.05) is 45.7 Å². The monoisotopic (exact) mass is 393 g/mol. The van der Waals surface area contributed by atoms with Crippen LogP contribution in [0.1, 0.15) is 16.5 Å². The Balaban J connectivity index is 2.44. The highest BCUT2D eigenvalue weighted by atomic mass is 79.9. The molecule has 0 fully saturated rings. The number of halogens is 3. The molecule has 0 aliphatic rings. The standard InChI is InChI=1S/C12H10Br2ClNS/c1-16-11(7-4-2-3-5-8(7)13)10-6-9(14)12(15)17-10/h2-6,11,16H,1H3. The summed E-state index contributed by atoms with van der Waals surface area (Å²) in [6, 6.07) is 10.4. The molecule has 2 aromatic rings. The molecule has 1 N–H and O–H groups in total. The molecule has 90 valence electrons. The van der Waals surface area contributed by atoms with Crippen LogP contribution in [0.5, 0.6) is 0 Å². The third-order valence-electron chi connectivity index (χ3n) is 2.45. The van der Waals surface area contributed by atoms with Crippen molar-refractivity contribution in [1.82, 2.24) is 5.32 Å². The van der Waals surface area contributed by atoms with Crippen LogP contribution in [0, 0.1) is 0 Å². The predicted octanol–water partition coefficient (Wildman–Crippen LogP) is 5.24. The number of thiophene rings is 1. The van der Waals surface area contributed by atoms with Crippen molar-refractivity contribution < 1.29 is 0 Å². The van der Waals surface area contributed by atoms with Crippen molar-refractivity contribution in [2.24, 2.45) is 0 Å². The summed E-state index contributed by atoms with van der Waals surface area (Å²) >= 11 is 14.7. The maximum atomic E-state index is 6.09. The molecule has 2 rings (SSSR count). The molecule has 0 bridgehead atoms. The molecule has 5 heteroatoms. The molecule has 0 amide bonds. The minimum Gasteiger partial charge on any atom is -0.309 e. The first-order chi connectivity index (χ1) is 8.13. The van der Waals surface area contributed by atoms with E-state index < -0.39 is 0 Å². The van der Waals surface area contributed by atoms with Gasteiger partial charge in [0.25, 0.3) is 0 Å². The smallest absolute Gasteiger partial charge is 0.107 e. The zero-order chi connectivity index (χ0) is 12.4. The highest BCUT2D eigenvalue weighted by Gasteiger charge is 2.18. The lowest BCUT2D eigenvalue weighted by atomic mass is 10.1. The van der Waals surface area contributed by atoms with E-state index in [0.29, 0.717) is 0 Å². The maximum Gasteiger partial charge on any atom is 0.107 e. The summed E-state index contributed by atoms with van der Waals surface area (Å²) in [4.78, 5) is 1.19. The fourth-order valence-electron chi connectivity index (χ4n) is 1.67. The molecule has 1 nitrogen and oxygen atoms in total. The normalized spacial score (nSPS) is 12.7. The van der Waals surface area contributed by atoms with Gasteiger partial charge in [-0.05, 0) is 40.7 Å². The topological polar surface area (TPSA) is 12.0 Å². The number of rotatable bonds is 3. The summed E-state index contributed by atoms with van der Waals surface area (Å²) in [6.45, 7) is 0. The molecular formula is C12H10Br2ClNS. The Morgan fingerprint density at radius 2 is 1.94 bits per heavy atom. The zero-order valence-corrected chi connectivity index (χ0v) is 13.8. The second-order valence-electron chi connectivity index (χ2n) is 3.51. The van der Waals surface area contributed by atoms with Gasteiger partial charge in [0.2, 0.25) is 0 Å². The fourth-order valence-corrected chi connectivity index (χ4v) is 4.05. The zero-order valence-electron chi connectivity index (χ0n) is 9.01. The SMILES string of the molecule is CNC(c1cc(Br)c(Cl)s1)c1ccccc1Br. The van der Waals surface area contributed by atoms with Crippen molar-refractivity contribution >= 4 is 54.8 Å². The molecule has 0 saturated heterocycles. The molecule has 0 saturated carbocycles. The predicted molar refractivity (Wildman–Crippen MR) is 82.1 cm³/mol. The lowest BCUT2D eigenvalue weighted by Gasteiger charge is -2.16. The molecule has 0 radical (unpaired) electrons. The summed E-state index contributed by atoms with van der Waals surface area (Å²) < 4.78 is 2.83. The molecule has 0 aliphatic heterocycles. The van der Waals surface area contributed by atoms with Gasteiger partial charge in [-0.2, -0.15) is 0 Å². The highest BCUT2D eigenvalue weighted by molar-refractivity contribution is 9.10. The molecule has 17 heavy (non-hydrogen) atoms. The summed E-state index contributed by atoms with van der Waals surface area (Å²) in [6.07, 6.45) is 0. The highest BCUT2D eigenvalue weighted by Crippen LogP contribution is 2.38. The first-order valence-corrected chi connectivity index (χ1v) is 7.78.